The van der Waals surface area contributed by atoms with Gasteiger partial charge in [0.2, 0.25) is 0 Å². The summed E-state index contributed by atoms with van der Waals surface area (Å²) in [5, 5.41) is 15.7. The van der Waals surface area contributed by atoms with Crippen LogP contribution in [0.3, 0.4) is 0 Å². The van der Waals surface area contributed by atoms with Crippen molar-refractivity contribution in [3.63, 3.8) is 0 Å². The number of H-pyrrole nitrogens is 1. The topological polar surface area (TPSA) is 104 Å². The van der Waals surface area contributed by atoms with Crippen LogP contribution in [0.1, 0.15) is 10.5 Å². The van der Waals surface area contributed by atoms with Gasteiger partial charge >= 0.3 is 0 Å². The molecule has 1 aliphatic rings. The Morgan fingerprint density at radius 2 is 1.93 bits per heavy atom. The molecule has 5 heterocycles. The van der Waals surface area contributed by atoms with Gasteiger partial charge in [-0.05, 0) is 36.4 Å². The van der Waals surface area contributed by atoms with E-state index in [0.29, 0.717) is 43.3 Å². The smallest absolute Gasteiger partial charge is 0.274 e. The second-order valence-corrected chi connectivity index (χ2v) is 6.94. The van der Waals surface area contributed by atoms with Gasteiger partial charge in [0, 0.05) is 50.2 Å². The molecule has 4 aromatic rings. The summed E-state index contributed by atoms with van der Waals surface area (Å²) in [5.74, 6) is 1.36. The van der Waals surface area contributed by atoms with Crippen LogP contribution in [0.25, 0.3) is 22.7 Å². The molecule has 1 amide bonds. The van der Waals surface area contributed by atoms with Crippen molar-refractivity contribution < 1.29 is 9.21 Å². The molecular weight excluding hydrogens is 382 g/mol. The Morgan fingerprint density at radius 1 is 1.03 bits per heavy atom. The number of hydrogen-bond acceptors (Lipinski definition) is 7. The molecule has 1 saturated heterocycles. The summed E-state index contributed by atoms with van der Waals surface area (Å²) in [5.41, 5.74) is 2.79. The summed E-state index contributed by atoms with van der Waals surface area (Å²) in [6.07, 6.45) is 5.08. The monoisotopic (exact) mass is 401 g/mol. The zero-order valence-corrected chi connectivity index (χ0v) is 16.1. The molecule has 1 N–H and O–H groups in total. The highest BCUT2D eigenvalue weighted by atomic mass is 16.3. The molecular formula is C21H19N7O2. The van der Waals surface area contributed by atoms with Crippen molar-refractivity contribution in [2.75, 3.05) is 31.1 Å². The molecule has 1 fully saturated rings. The summed E-state index contributed by atoms with van der Waals surface area (Å²) in [6.45, 7) is 2.55. The SMILES string of the molecule is O=C(c1cc(-c2ccco2)[nH]n1)N1CCN(c2ccc(-c3cccnc3)nn2)CC1. The number of carbonyl (C=O) groups is 1. The number of piperazine rings is 1. The Morgan fingerprint density at radius 3 is 2.63 bits per heavy atom. The van der Waals surface area contributed by atoms with E-state index < -0.39 is 0 Å². The number of aromatic nitrogens is 5. The predicted octanol–water partition coefficient (Wildman–Crippen LogP) is 2.48. The molecule has 0 atom stereocenters. The average Bonchev–Trinajstić information content (AvgIpc) is 3.52. The Kier molecular flexibility index (Phi) is 4.68. The largest absolute Gasteiger partial charge is 0.463 e. The Hall–Kier alpha value is -4.01. The number of hydrogen-bond donors (Lipinski definition) is 1. The van der Waals surface area contributed by atoms with Gasteiger partial charge in [0.25, 0.3) is 5.91 Å². The van der Waals surface area contributed by atoms with E-state index >= 15 is 0 Å². The number of anilines is 1. The van der Waals surface area contributed by atoms with Gasteiger partial charge in [-0.2, -0.15) is 5.10 Å². The number of rotatable bonds is 4. The minimum absolute atomic E-state index is 0.0956. The lowest BCUT2D eigenvalue weighted by Crippen LogP contribution is -2.49. The third-order valence-corrected chi connectivity index (χ3v) is 5.08. The summed E-state index contributed by atoms with van der Waals surface area (Å²) < 4.78 is 5.34. The predicted molar refractivity (Wildman–Crippen MR) is 110 cm³/mol. The zero-order chi connectivity index (χ0) is 20.3. The lowest BCUT2D eigenvalue weighted by molar-refractivity contribution is 0.0740. The van der Waals surface area contributed by atoms with E-state index in [2.05, 4.69) is 30.3 Å². The first kappa shape index (κ1) is 18.0. The quantitative estimate of drug-likeness (QED) is 0.560. The zero-order valence-electron chi connectivity index (χ0n) is 16.1. The van der Waals surface area contributed by atoms with Crippen molar-refractivity contribution in [1.82, 2.24) is 30.3 Å². The maximum Gasteiger partial charge on any atom is 0.274 e. The molecule has 9 heteroatoms. The van der Waals surface area contributed by atoms with E-state index in [-0.39, 0.29) is 5.91 Å². The fourth-order valence-corrected chi connectivity index (χ4v) is 3.45. The lowest BCUT2D eigenvalue weighted by atomic mass is 10.2. The van der Waals surface area contributed by atoms with Crippen LogP contribution in [0.5, 0.6) is 0 Å². The number of furan rings is 1. The minimum Gasteiger partial charge on any atom is -0.463 e. The van der Waals surface area contributed by atoms with E-state index in [1.807, 2.05) is 30.3 Å². The minimum atomic E-state index is -0.0956. The van der Waals surface area contributed by atoms with Crippen LogP contribution in [0, 0.1) is 0 Å². The first-order chi connectivity index (χ1) is 14.8. The maximum atomic E-state index is 12.8. The number of pyridine rings is 1. The number of amides is 1. The van der Waals surface area contributed by atoms with Crippen LogP contribution in [0.2, 0.25) is 0 Å². The maximum absolute atomic E-state index is 12.8. The van der Waals surface area contributed by atoms with Gasteiger partial charge < -0.3 is 14.2 Å². The molecule has 0 aromatic carbocycles. The number of nitrogens with one attached hydrogen (secondary N) is 1. The molecule has 30 heavy (non-hydrogen) atoms. The second-order valence-electron chi connectivity index (χ2n) is 6.94. The van der Waals surface area contributed by atoms with Crippen LogP contribution >= 0.6 is 0 Å². The van der Waals surface area contributed by atoms with Gasteiger partial charge in [-0.15, -0.1) is 10.2 Å². The lowest BCUT2D eigenvalue weighted by Gasteiger charge is -2.34. The third-order valence-electron chi connectivity index (χ3n) is 5.08. The Bertz CT molecular complexity index is 1120. The van der Waals surface area contributed by atoms with Crippen molar-refractivity contribution in [2.45, 2.75) is 0 Å². The second kappa shape index (κ2) is 7.78. The first-order valence-corrected chi connectivity index (χ1v) is 9.65. The van der Waals surface area contributed by atoms with Gasteiger partial charge in [-0.3, -0.25) is 14.9 Å². The van der Waals surface area contributed by atoms with Crippen LogP contribution in [-0.4, -0.2) is 62.4 Å². The normalized spacial score (nSPS) is 14.1. The number of aromatic amines is 1. The summed E-state index contributed by atoms with van der Waals surface area (Å²) >= 11 is 0. The summed E-state index contributed by atoms with van der Waals surface area (Å²) in [4.78, 5) is 20.8. The Balaban J connectivity index is 1.21. The molecule has 0 spiro atoms. The van der Waals surface area contributed by atoms with E-state index in [9.17, 15) is 4.79 Å². The van der Waals surface area contributed by atoms with Gasteiger partial charge in [-0.1, -0.05) is 0 Å². The highest BCUT2D eigenvalue weighted by Crippen LogP contribution is 2.21. The summed E-state index contributed by atoms with van der Waals surface area (Å²) in [6, 6.07) is 13.1. The van der Waals surface area contributed by atoms with Crippen LogP contribution < -0.4 is 4.90 Å². The molecule has 150 valence electrons. The number of nitrogens with zero attached hydrogens (tertiary/aromatic N) is 6. The van der Waals surface area contributed by atoms with Gasteiger partial charge in [-0.25, -0.2) is 0 Å². The van der Waals surface area contributed by atoms with Gasteiger partial charge in [0.1, 0.15) is 5.69 Å². The van der Waals surface area contributed by atoms with E-state index in [4.69, 9.17) is 4.42 Å². The fourth-order valence-electron chi connectivity index (χ4n) is 3.45. The highest BCUT2D eigenvalue weighted by molar-refractivity contribution is 5.93. The van der Waals surface area contributed by atoms with Gasteiger partial charge in [0.15, 0.2) is 17.3 Å². The van der Waals surface area contributed by atoms with E-state index in [1.54, 1.807) is 35.7 Å². The van der Waals surface area contributed by atoms with Crippen molar-refractivity contribution in [1.29, 1.82) is 0 Å². The standard InChI is InChI=1S/C21H19N7O2/c29-21(18-13-17(24-25-18)19-4-2-12-30-19)28-10-8-27(9-11-28)20-6-5-16(23-26-20)15-3-1-7-22-14-15/h1-7,12-14H,8-11H2,(H,24,25). The van der Waals surface area contributed by atoms with Crippen LogP contribution in [0.15, 0.2) is 65.5 Å². The third kappa shape index (κ3) is 3.52. The highest BCUT2D eigenvalue weighted by Gasteiger charge is 2.25. The first-order valence-electron chi connectivity index (χ1n) is 9.65. The molecule has 9 nitrogen and oxygen atoms in total. The van der Waals surface area contributed by atoms with Crippen molar-refractivity contribution in [3.05, 3.63) is 66.8 Å². The summed E-state index contributed by atoms with van der Waals surface area (Å²) in [7, 11) is 0. The molecule has 4 aromatic heterocycles. The van der Waals surface area contributed by atoms with Crippen molar-refractivity contribution >= 4 is 11.7 Å². The molecule has 5 rings (SSSR count). The van der Waals surface area contributed by atoms with E-state index in [1.165, 1.54) is 0 Å². The van der Waals surface area contributed by atoms with Crippen LogP contribution in [0.4, 0.5) is 5.82 Å². The molecule has 0 radical (unpaired) electrons. The molecule has 0 bridgehead atoms. The average molecular weight is 401 g/mol. The van der Waals surface area contributed by atoms with Gasteiger partial charge in [0.05, 0.1) is 12.0 Å². The molecule has 1 aliphatic heterocycles. The molecule has 0 unspecified atom stereocenters. The van der Waals surface area contributed by atoms with Crippen molar-refractivity contribution in [2.24, 2.45) is 0 Å². The fraction of sp³-hybridized carbons (Fsp3) is 0.190. The Labute approximate surface area is 172 Å². The molecule has 0 aliphatic carbocycles. The van der Waals surface area contributed by atoms with Crippen molar-refractivity contribution in [3.8, 4) is 22.7 Å². The van der Waals surface area contributed by atoms with Crippen LogP contribution in [-0.2, 0) is 0 Å². The molecule has 0 saturated carbocycles. The number of carbonyl (C=O) groups excluding carboxylic acids is 1. The van der Waals surface area contributed by atoms with E-state index in [0.717, 1.165) is 17.1 Å².